The summed E-state index contributed by atoms with van der Waals surface area (Å²) in [4.78, 5) is 22.3. The molecule has 10 heteroatoms. The van der Waals surface area contributed by atoms with Crippen LogP contribution >= 0.6 is 22.6 Å². The first-order chi connectivity index (χ1) is 15.3. The molecule has 0 fully saturated rings. The van der Waals surface area contributed by atoms with E-state index in [0.29, 0.717) is 39.1 Å². The third kappa shape index (κ3) is 61.3. The molecule has 0 aromatic heterocycles. The van der Waals surface area contributed by atoms with E-state index in [-0.39, 0.29) is 73.5 Å². The molecule has 0 atom stereocenters. The van der Waals surface area contributed by atoms with Crippen molar-refractivity contribution in [2.24, 2.45) is 0 Å². The summed E-state index contributed by atoms with van der Waals surface area (Å²) in [6.07, 6.45) is 2.75. The van der Waals surface area contributed by atoms with Crippen LogP contribution in [0, 0.1) is 0 Å². The van der Waals surface area contributed by atoms with Crippen molar-refractivity contribution in [3.8, 4) is 0 Å². The number of alkyl halides is 1. The molecule has 0 saturated heterocycles. The van der Waals surface area contributed by atoms with E-state index in [1.54, 1.807) is 0 Å². The minimum atomic E-state index is -0.428. The Bertz CT molecular complexity index is 408. The minimum absolute atomic E-state index is 0. The van der Waals surface area contributed by atoms with Crippen molar-refractivity contribution in [2.45, 2.75) is 115 Å². The van der Waals surface area contributed by atoms with Crippen LogP contribution in [0.3, 0.4) is 0 Å². The predicted octanol–water partition coefficient (Wildman–Crippen LogP) is 5.58. The number of aliphatic hydroxyl groups excluding tert-OH is 3. The lowest BCUT2D eigenvalue weighted by Gasteiger charge is -2.19. The fraction of sp³-hybridized carbons (Fsp3) is 0.926. The number of halogens is 1. The molecular formula is C27H63IO9. The van der Waals surface area contributed by atoms with Gasteiger partial charge in [0.1, 0.15) is 11.2 Å². The summed E-state index contributed by atoms with van der Waals surface area (Å²) < 4.78 is 21.6. The Morgan fingerprint density at radius 2 is 0.919 bits per heavy atom. The van der Waals surface area contributed by atoms with Crippen molar-refractivity contribution >= 4 is 34.5 Å². The lowest BCUT2D eigenvalue weighted by Crippen LogP contribution is -2.24. The smallest absolute Gasteiger partial charge is 0.308 e. The van der Waals surface area contributed by atoms with Crippen LogP contribution < -0.4 is 0 Å². The first-order valence-corrected chi connectivity index (χ1v) is 12.8. The number of hydrogen-bond acceptors (Lipinski definition) is 9. The van der Waals surface area contributed by atoms with E-state index in [1.807, 2.05) is 41.5 Å². The van der Waals surface area contributed by atoms with E-state index >= 15 is 0 Å². The summed E-state index contributed by atoms with van der Waals surface area (Å²) in [5.41, 5.74) is -0.818. The van der Waals surface area contributed by atoms with Crippen molar-refractivity contribution in [1.29, 1.82) is 0 Å². The molecule has 0 unspecified atom stereocenters. The lowest BCUT2D eigenvalue weighted by atomic mass is 10.2. The normalized spacial score (nSPS) is 9.78. The third-order valence-corrected chi connectivity index (χ3v) is 3.69. The Morgan fingerprint density at radius 3 is 1.16 bits per heavy atom. The maximum absolute atomic E-state index is 11.2. The van der Waals surface area contributed by atoms with Gasteiger partial charge < -0.3 is 34.3 Å². The van der Waals surface area contributed by atoms with E-state index < -0.39 is 5.60 Å². The highest BCUT2D eigenvalue weighted by Gasteiger charge is 2.16. The van der Waals surface area contributed by atoms with E-state index in [4.69, 9.17) is 34.3 Å². The van der Waals surface area contributed by atoms with Crippen LogP contribution in [0.4, 0.5) is 0 Å². The Kier molecular flexibility index (Phi) is 50.6. The van der Waals surface area contributed by atoms with Crippen LogP contribution in [-0.4, -0.2) is 89.1 Å². The van der Waals surface area contributed by atoms with Crippen molar-refractivity contribution in [1.82, 2.24) is 0 Å². The second kappa shape index (κ2) is 35.5. The Hall–Kier alpha value is -0.530. The Labute approximate surface area is 243 Å². The first-order valence-electron chi connectivity index (χ1n) is 11.3. The molecule has 0 spiro atoms. The number of rotatable bonds is 14. The van der Waals surface area contributed by atoms with Gasteiger partial charge in [-0.05, 0) is 60.8 Å². The fourth-order valence-corrected chi connectivity index (χ4v) is 2.01. The van der Waals surface area contributed by atoms with Gasteiger partial charge >= 0.3 is 11.9 Å². The van der Waals surface area contributed by atoms with Gasteiger partial charge in [0, 0.05) is 37.5 Å². The van der Waals surface area contributed by atoms with Crippen LogP contribution in [0.15, 0.2) is 0 Å². The first kappa shape index (κ1) is 52.8. The molecule has 0 aliphatic heterocycles. The maximum Gasteiger partial charge on any atom is 0.308 e. The Morgan fingerprint density at radius 1 is 0.595 bits per heavy atom. The van der Waals surface area contributed by atoms with Crippen LogP contribution in [0.25, 0.3) is 0 Å². The Balaban J connectivity index is -0.0000000753. The highest BCUT2D eigenvalue weighted by molar-refractivity contribution is 14.1. The van der Waals surface area contributed by atoms with Crippen molar-refractivity contribution in [3.63, 3.8) is 0 Å². The molecule has 0 heterocycles. The number of carbonyl (C=O) groups is 2. The second-order valence-electron chi connectivity index (χ2n) is 8.82. The monoisotopic (exact) mass is 658 g/mol. The van der Waals surface area contributed by atoms with Crippen molar-refractivity contribution < 1.29 is 43.9 Å². The highest BCUT2D eigenvalue weighted by Crippen LogP contribution is 2.08. The molecule has 0 aromatic carbocycles. The molecule has 0 amide bonds. The molecule has 0 bridgehead atoms. The largest absolute Gasteiger partial charge is 0.460 e. The summed E-state index contributed by atoms with van der Waals surface area (Å²) in [7, 11) is 0. The van der Waals surface area contributed by atoms with Gasteiger partial charge in [0.25, 0.3) is 0 Å². The van der Waals surface area contributed by atoms with Gasteiger partial charge in [-0.15, -0.1) is 0 Å². The fourth-order valence-electron chi connectivity index (χ4n) is 1.69. The van der Waals surface area contributed by atoms with Crippen LogP contribution in [0.1, 0.15) is 103 Å². The maximum atomic E-state index is 11.2. The average Bonchev–Trinajstić information content (AvgIpc) is 2.66. The van der Waals surface area contributed by atoms with Crippen molar-refractivity contribution in [3.05, 3.63) is 0 Å². The van der Waals surface area contributed by atoms with E-state index in [0.717, 1.165) is 17.5 Å². The topological polar surface area (TPSA) is 132 Å². The number of carbonyl (C=O) groups excluding carboxylic acids is 2. The van der Waals surface area contributed by atoms with Gasteiger partial charge in [-0.3, -0.25) is 9.59 Å². The molecule has 0 radical (unpaired) electrons. The summed E-state index contributed by atoms with van der Waals surface area (Å²) in [5.74, 6) is -0.437. The molecule has 0 aromatic rings. The summed E-state index contributed by atoms with van der Waals surface area (Å²) in [5, 5.41) is 24.3. The molecule has 0 aliphatic rings. The zero-order valence-electron chi connectivity index (χ0n) is 21.4. The molecular weight excluding hydrogens is 595 g/mol. The second-order valence-corrected chi connectivity index (χ2v) is 9.90. The van der Waals surface area contributed by atoms with Gasteiger partial charge in [0.15, 0.2) is 0 Å². The zero-order chi connectivity index (χ0) is 26.2. The summed E-state index contributed by atoms with van der Waals surface area (Å²) >= 11 is 2.30. The SMILES string of the molecule is C.C.C.C.CC(C)(C)OC(=O)CCOCCCI.CC(C)(C)OC(=O)CCOCCCO.OCCCO. The van der Waals surface area contributed by atoms with Gasteiger partial charge in [-0.25, -0.2) is 0 Å². The summed E-state index contributed by atoms with van der Waals surface area (Å²) in [6.45, 7) is 13.4. The van der Waals surface area contributed by atoms with Gasteiger partial charge in [-0.2, -0.15) is 0 Å². The molecule has 0 rings (SSSR count). The standard InChI is InChI=1S/C10H19IO3.C10H20O4.C3H8O2.4CH4/c2*1-10(2,3)14-9(12)5-8-13-7-4-6-11;4-2-1-3-5;;;;/h4-8H2,1-3H3;11H,4-8H2,1-3H3;4-5H,1-3H2;4*1H4. The van der Waals surface area contributed by atoms with Crippen LogP contribution in [0.5, 0.6) is 0 Å². The molecule has 9 nitrogen and oxygen atoms in total. The zero-order valence-corrected chi connectivity index (χ0v) is 23.5. The summed E-state index contributed by atoms with van der Waals surface area (Å²) in [6, 6.07) is 0. The van der Waals surface area contributed by atoms with Gasteiger partial charge in [-0.1, -0.05) is 52.3 Å². The highest BCUT2D eigenvalue weighted by atomic mass is 127. The molecule has 0 aliphatic carbocycles. The van der Waals surface area contributed by atoms with Crippen LogP contribution in [-0.2, 0) is 28.5 Å². The van der Waals surface area contributed by atoms with Crippen LogP contribution in [0.2, 0.25) is 0 Å². The number of hydrogen-bond donors (Lipinski definition) is 3. The quantitative estimate of drug-likeness (QED) is 0.0947. The molecule has 37 heavy (non-hydrogen) atoms. The van der Waals surface area contributed by atoms with Gasteiger partial charge in [0.05, 0.1) is 26.1 Å². The van der Waals surface area contributed by atoms with Crippen molar-refractivity contribution in [2.75, 3.05) is 50.7 Å². The number of ether oxygens (including phenoxy) is 4. The van der Waals surface area contributed by atoms with E-state index in [2.05, 4.69) is 22.6 Å². The molecule has 0 saturated carbocycles. The number of esters is 2. The van der Waals surface area contributed by atoms with E-state index in [9.17, 15) is 9.59 Å². The molecule has 232 valence electrons. The molecule has 3 N–H and O–H groups in total. The predicted molar refractivity (Wildman–Crippen MR) is 163 cm³/mol. The average molecular weight is 659 g/mol. The van der Waals surface area contributed by atoms with Gasteiger partial charge in [0.2, 0.25) is 0 Å². The minimum Gasteiger partial charge on any atom is -0.460 e. The number of aliphatic hydroxyl groups is 3. The third-order valence-electron chi connectivity index (χ3n) is 2.93. The lowest BCUT2D eigenvalue weighted by molar-refractivity contribution is -0.157. The van der Waals surface area contributed by atoms with E-state index in [1.165, 1.54) is 0 Å².